The van der Waals surface area contributed by atoms with Crippen molar-refractivity contribution < 1.29 is 8.42 Å². The van der Waals surface area contributed by atoms with Crippen molar-refractivity contribution in [2.24, 2.45) is 0 Å². The van der Waals surface area contributed by atoms with Gasteiger partial charge in [0.1, 0.15) is 0 Å². The molecule has 8 nitrogen and oxygen atoms in total. The zero-order chi connectivity index (χ0) is 23.0. The van der Waals surface area contributed by atoms with Crippen LogP contribution in [0.2, 0.25) is 0 Å². The van der Waals surface area contributed by atoms with E-state index >= 15 is 0 Å². The number of likely N-dealkylation sites (N-methyl/N-ethyl adjacent to an activating group) is 1. The van der Waals surface area contributed by atoms with E-state index in [1.807, 2.05) is 22.7 Å². The summed E-state index contributed by atoms with van der Waals surface area (Å²) >= 11 is 0. The van der Waals surface area contributed by atoms with Gasteiger partial charge in [-0.05, 0) is 68.3 Å². The van der Waals surface area contributed by atoms with E-state index in [1.165, 1.54) is 11.9 Å². The number of anilines is 3. The van der Waals surface area contributed by atoms with Crippen LogP contribution in [-0.4, -0.2) is 72.6 Å². The molecule has 33 heavy (non-hydrogen) atoms. The van der Waals surface area contributed by atoms with Gasteiger partial charge < -0.3 is 15.1 Å². The minimum atomic E-state index is -3.01. The number of piperazine rings is 1. The molecule has 1 saturated heterocycles. The van der Waals surface area contributed by atoms with E-state index in [0.29, 0.717) is 18.8 Å². The van der Waals surface area contributed by atoms with Gasteiger partial charge in [0.15, 0.2) is 9.84 Å². The standard InChI is InChI=1S/C24H30N6O2S/c1-28-13-15-29(16-14-28)20-7-5-19(6-8-20)26-24-25-17-21-9-12-23(30(21)27-24)18-3-10-22(11-4-18)33(2,31)32/h3,5-9,12,17,22H,4,10-11,13-16H2,1-2H3,(H,26,27). The van der Waals surface area contributed by atoms with Crippen molar-refractivity contribution in [3.05, 3.63) is 54.4 Å². The van der Waals surface area contributed by atoms with Gasteiger partial charge in [0, 0.05) is 43.8 Å². The van der Waals surface area contributed by atoms with E-state index in [1.54, 1.807) is 6.20 Å². The number of hydrogen-bond acceptors (Lipinski definition) is 7. The maximum Gasteiger partial charge on any atom is 0.245 e. The number of aromatic nitrogens is 3. The third kappa shape index (κ3) is 4.74. The Kier molecular flexibility index (Phi) is 5.84. The summed E-state index contributed by atoms with van der Waals surface area (Å²) < 4.78 is 25.6. The maximum atomic E-state index is 11.9. The van der Waals surface area contributed by atoms with Gasteiger partial charge in [-0.3, -0.25) is 0 Å². The molecule has 3 aromatic rings. The molecule has 0 spiro atoms. The fourth-order valence-corrected chi connectivity index (χ4v) is 5.57. The van der Waals surface area contributed by atoms with Crippen LogP contribution in [0.5, 0.6) is 0 Å². The van der Waals surface area contributed by atoms with Crippen LogP contribution in [0.1, 0.15) is 25.0 Å². The van der Waals surface area contributed by atoms with Gasteiger partial charge >= 0.3 is 0 Å². The van der Waals surface area contributed by atoms with E-state index in [-0.39, 0.29) is 5.25 Å². The fraction of sp³-hybridized carbons (Fsp3) is 0.417. The smallest absolute Gasteiger partial charge is 0.245 e. The first-order valence-corrected chi connectivity index (χ1v) is 13.4. The largest absolute Gasteiger partial charge is 0.369 e. The van der Waals surface area contributed by atoms with Gasteiger partial charge in [-0.1, -0.05) is 6.08 Å². The Morgan fingerprint density at radius 1 is 1.03 bits per heavy atom. The molecule has 174 valence electrons. The lowest BCUT2D eigenvalue weighted by atomic mass is 9.97. The Bertz CT molecular complexity index is 1270. The highest BCUT2D eigenvalue weighted by Gasteiger charge is 2.24. The topological polar surface area (TPSA) is 82.8 Å². The van der Waals surface area contributed by atoms with E-state index in [2.05, 4.69) is 51.4 Å². The van der Waals surface area contributed by atoms with Crippen molar-refractivity contribution >= 4 is 38.3 Å². The van der Waals surface area contributed by atoms with E-state index in [9.17, 15) is 8.42 Å². The summed E-state index contributed by atoms with van der Waals surface area (Å²) in [5.74, 6) is 0.526. The molecule has 1 aliphatic carbocycles. The van der Waals surface area contributed by atoms with Gasteiger partial charge in [-0.2, -0.15) is 0 Å². The van der Waals surface area contributed by atoms with Gasteiger partial charge in [0.05, 0.1) is 22.7 Å². The second-order valence-electron chi connectivity index (χ2n) is 9.05. The van der Waals surface area contributed by atoms with Crippen LogP contribution >= 0.6 is 0 Å². The first-order valence-electron chi connectivity index (χ1n) is 11.4. The Labute approximate surface area is 194 Å². The molecular formula is C24H30N6O2S. The zero-order valence-electron chi connectivity index (χ0n) is 19.1. The number of benzene rings is 1. The first-order chi connectivity index (χ1) is 15.9. The molecule has 1 fully saturated rings. The van der Waals surface area contributed by atoms with Crippen LogP contribution in [0.3, 0.4) is 0 Å². The van der Waals surface area contributed by atoms with Crippen LogP contribution in [0, 0.1) is 0 Å². The van der Waals surface area contributed by atoms with Crippen molar-refractivity contribution in [2.45, 2.75) is 24.5 Å². The summed E-state index contributed by atoms with van der Waals surface area (Å²) in [7, 11) is -0.846. The quantitative estimate of drug-likeness (QED) is 0.618. The highest BCUT2D eigenvalue weighted by molar-refractivity contribution is 7.91. The number of allylic oxidation sites excluding steroid dienone is 2. The predicted octanol–water partition coefficient (Wildman–Crippen LogP) is 3.21. The Morgan fingerprint density at radius 3 is 2.45 bits per heavy atom. The Hall–Kier alpha value is -2.91. The van der Waals surface area contributed by atoms with Crippen LogP contribution < -0.4 is 10.2 Å². The molecular weight excluding hydrogens is 436 g/mol. The second kappa shape index (κ2) is 8.79. The third-order valence-corrected chi connectivity index (χ3v) is 8.33. The molecule has 1 N–H and O–H groups in total. The molecule has 5 rings (SSSR count). The van der Waals surface area contributed by atoms with Crippen LogP contribution in [0.15, 0.2) is 48.7 Å². The number of nitrogens with one attached hydrogen (secondary N) is 1. The predicted molar refractivity (Wildman–Crippen MR) is 133 cm³/mol. The zero-order valence-corrected chi connectivity index (χ0v) is 19.9. The minimum absolute atomic E-state index is 0.284. The van der Waals surface area contributed by atoms with Crippen molar-refractivity contribution in [3.8, 4) is 0 Å². The van der Waals surface area contributed by atoms with Gasteiger partial charge in [-0.15, -0.1) is 5.10 Å². The lowest BCUT2D eigenvalue weighted by Gasteiger charge is -2.34. The molecule has 1 unspecified atom stereocenters. The number of nitrogens with zero attached hydrogens (tertiary/aromatic N) is 5. The third-order valence-electron chi connectivity index (χ3n) is 6.69. The van der Waals surface area contributed by atoms with Crippen LogP contribution in [-0.2, 0) is 9.84 Å². The molecule has 0 saturated carbocycles. The van der Waals surface area contributed by atoms with Crippen LogP contribution in [0.25, 0.3) is 11.1 Å². The summed E-state index contributed by atoms with van der Waals surface area (Å²) in [5.41, 5.74) is 5.21. The summed E-state index contributed by atoms with van der Waals surface area (Å²) in [6, 6.07) is 12.4. The number of fused-ring (bicyclic) bond motifs is 1. The summed E-state index contributed by atoms with van der Waals surface area (Å²) in [6.07, 6.45) is 7.10. The maximum absolute atomic E-state index is 11.9. The van der Waals surface area contributed by atoms with Gasteiger partial charge in [-0.25, -0.2) is 17.9 Å². The lowest BCUT2D eigenvalue weighted by molar-refractivity contribution is 0.313. The number of rotatable bonds is 5. The van der Waals surface area contributed by atoms with Crippen molar-refractivity contribution in [3.63, 3.8) is 0 Å². The van der Waals surface area contributed by atoms with E-state index < -0.39 is 9.84 Å². The molecule has 0 bridgehead atoms. The Balaban J connectivity index is 1.32. The molecule has 1 aromatic carbocycles. The molecule has 1 aliphatic heterocycles. The SMILES string of the molecule is CN1CCN(c2ccc(Nc3ncc4ccc(C5=CCC(S(C)(=O)=O)CC5)n4n3)cc2)CC1. The second-order valence-corrected chi connectivity index (χ2v) is 11.4. The highest BCUT2D eigenvalue weighted by atomic mass is 32.2. The highest BCUT2D eigenvalue weighted by Crippen LogP contribution is 2.31. The molecule has 0 radical (unpaired) electrons. The number of sulfone groups is 1. The lowest BCUT2D eigenvalue weighted by Crippen LogP contribution is -2.44. The summed E-state index contributed by atoms with van der Waals surface area (Å²) in [4.78, 5) is 9.23. The molecule has 1 atom stereocenters. The van der Waals surface area contributed by atoms with Crippen molar-refractivity contribution in [1.82, 2.24) is 19.5 Å². The molecule has 9 heteroatoms. The fourth-order valence-electron chi connectivity index (χ4n) is 4.58. The van der Waals surface area contributed by atoms with Crippen LogP contribution in [0.4, 0.5) is 17.3 Å². The molecule has 3 heterocycles. The summed E-state index contributed by atoms with van der Waals surface area (Å²) in [5, 5.41) is 7.74. The molecule has 2 aromatic heterocycles. The minimum Gasteiger partial charge on any atom is -0.369 e. The average Bonchev–Trinajstić information content (AvgIpc) is 3.23. The van der Waals surface area contributed by atoms with Crippen molar-refractivity contribution in [1.29, 1.82) is 0 Å². The van der Waals surface area contributed by atoms with E-state index in [0.717, 1.165) is 55.1 Å². The van der Waals surface area contributed by atoms with Gasteiger partial charge in [0.2, 0.25) is 5.95 Å². The Morgan fingerprint density at radius 2 is 1.79 bits per heavy atom. The monoisotopic (exact) mass is 466 g/mol. The average molecular weight is 467 g/mol. The van der Waals surface area contributed by atoms with E-state index in [4.69, 9.17) is 5.10 Å². The van der Waals surface area contributed by atoms with Gasteiger partial charge in [0.25, 0.3) is 0 Å². The molecule has 0 amide bonds. The molecule has 2 aliphatic rings. The first kappa shape index (κ1) is 21.9. The van der Waals surface area contributed by atoms with Crippen molar-refractivity contribution in [2.75, 3.05) is 49.7 Å². The summed E-state index contributed by atoms with van der Waals surface area (Å²) in [6.45, 7) is 4.25. The number of hydrogen-bond donors (Lipinski definition) is 1. The normalized spacial score (nSPS) is 20.1.